The molecule has 0 radical (unpaired) electrons. The second-order valence-corrected chi connectivity index (χ2v) is 13.6. The van der Waals surface area contributed by atoms with Crippen molar-refractivity contribution in [2.75, 3.05) is 0 Å². The van der Waals surface area contributed by atoms with Crippen molar-refractivity contribution in [3.63, 3.8) is 0 Å². The summed E-state index contributed by atoms with van der Waals surface area (Å²) in [5, 5.41) is 3.37. The summed E-state index contributed by atoms with van der Waals surface area (Å²) in [4.78, 5) is 9.88. The number of rotatable bonds is 1. The SMILES string of the molecule is C.C.CC.CCCC.Cc1cc(C)c(C)s1.Cc1ccc(C)c(C)c1.Cc1csc(C)c1C.Cc1nc(C)c(C)s1.[2HH]. The first-order chi connectivity index (χ1) is 18.2. The van der Waals surface area contributed by atoms with Crippen LogP contribution in [0.25, 0.3) is 0 Å². The third-order valence-corrected chi connectivity index (χ3v) is 9.31. The van der Waals surface area contributed by atoms with Gasteiger partial charge in [0.25, 0.3) is 0 Å². The number of thiazole rings is 1. The molecule has 238 valence electrons. The Morgan fingerprint density at radius 3 is 1.32 bits per heavy atom. The van der Waals surface area contributed by atoms with Gasteiger partial charge in [0.05, 0.1) is 10.7 Å². The fourth-order valence-corrected chi connectivity index (χ4v) is 5.54. The van der Waals surface area contributed by atoms with Crippen LogP contribution in [0.2, 0.25) is 0 Å². The molecule has 41 heavy (non-hydrogen) atoms. The van der Waals surface area contributed by atoms with E-state index in [1.807, 2.05) is 50.4 Å². The molecule has 3 heterocycles. The van der Waals surface area contributed by atoms with Crippen molar-refractivity contribution < 1.29 is 1.43 Å². The molecule has 0 unspecified atom stereocenters. The van der Waals surface area contributed by atoms with Crippen LogP contribution in [0.5, 0.6) is 0 Å². The van der Waals surface area contributed by atoms with E-state index < -0.39 is 0 Å². The minimum absolute atomic E-state index is 0. The molecule has 1 nitrogen and oxygen atoms in total. The quantitative estimate of drug-likeness (QED) is 0.206. The van der Waals surface area contributed by atoms with E-state index >= 15 is 0 Å². The van der Waals surface area contributed by atoms with Crippen LogP contribution < -0.4 is 0 Å². The van der Waals surface area contributed by atoms with Crippen molar-refractivity contribution in [2.24, 2.45) is 0 Å². The van der Waals surface area contributed by atoms with Gasteiger partial charge in [-0.25, -0.2) is 4.98 Å². The Kier molecular flexibility index (Phi) is 29.2. The van der Waals surface area contributed by atoms with Crippen LogP contribution in [0.15, 0.2) is 29.6 Å². The van der Waals surface area contributed by atoms with Gasteiger partial charge in [-0.3, -0.25) is 0 Å². The largest absolute Gasteiger partial charge is 0.247 e. The molecule has 0 N–H and O–H groups in total. The monoisotopic (exact) mass is 622 g/mol. The van der Waals surface area contributed by atoms with Crippen molar-refractivity contribution in [3.05, 3.63) is 93.2 Å². The molecule has 0 aliphatic carbocycles. The molecule has 0 bridgehead atoms. The lowest BCUT2D eigenvalue weighted by molar-refractivity contribution is 0.886. The molecule has 0 saturated heterocycles. The second kappa shape index (κ2) is 25.9. The minimum atomic E-state index is 0. The van der Waals surface area contributed by atoms with Gasteiger partial charge in [0, 0.05) is 20.9 Å². The Bertz CT molecular complexity index is 1080. The topological polar surface area (TPSA) is 12.9 Å². The van der Waals surface area contributed by atoms with Gasteiger partial charge in [0.1, 0.15) is 0 Å². The summed E-state index contributed by atoms with van der Waals surface area (Å²) in [5.41, 5.74) is 9.58. The van der Waals surface area contributed by atoms with Crippen LogP contribution in [0, 0.1) is 83.1 Å². The van der Waals surface area contributed by atoms with Crippen molar-refractivity contribution in [1.82, 2.24) is 4.98 Å². The number of aromatic nitrogens is 1. The molecule has 4 rings (SSSR count). The van der Waals surface area contributed by atoms with Crippen molar-refractivity contribution in [3.8, 4) is 0 Å². The van der Waals surface area contributed by atoms with E-state index in [0.717, 1.165) is 0 Å². The summed E-state index contributed by atoms with van der Waals surface area (Å²) >= 11 is 5.46. The van der Waals surface area contributed by atoms with Gasteiger partial charge in [-0.05, 0) is 122 Å². The zero-order chi connectivity index (χ0) is 30.7. The van der Waals surface area contributed by atoms with Crippen LogP contribution in [0.4, 0.5) is 0 Å². The number of thiophene rings is 2. The first-order valence-corrected chi connectivity index (χ1v) is 16.7. The Balaban J connectivity index is -0.000000134. The van der Waals surface area contributed by atoms with E-state index in [1.165, 1.54) is 76.4 Å². The molecule has 0 spiro atoms. The fourth-order valence-electron chi connectivity index (χ4n) is 2.91. The van der Waals surface area contributed by atoms with Gasteiger partial charge in [-0.2, -0.15) is 0 Å². The maximum atomic E-state index is 4.23. The number of aryl methyl sites for hydroxylation is 11. The van der Waals surface area contributed by atoms with Crippen LogP contribution in [-0.4, -0.2) is 4.98 Å². The molecule has 0 saturated carbocycles. The summed E-state index contributed by atoms with van der Waals surface area (Å²) in [7, 11) is 0. The Hall–Kier alpha value is -1.75. The van der Waals surface area contributed by atoms with Crippen LogP contribution in [0.3, 0.4) is 0 Å². The molecule has 3 aromatic heterocycles. The molecule has 4 aromatic rings. The number of hydrogen-bond donors (Lipinski definition) is 0. The molecular weight excluding hydrogens is 555 g/mol. The van der Waals surface area contributed by atoms with E-state index in [0.29, 0.717) is 0 Å². The maximum absolute atomic E-state index is 4.23. The Labute approximate surface area is 271 Å². The van der Waals surface area contributed by atoms with Gasteiger partial charge in [0.2, 0.25) is 0 Å². The normalized spacial score (nSPS) is 8.78. The second-order valence-electron chi connectivity index (χ2n) is 9.66. The standard InChI is InChI=1S/C9H12.2C7H10S.C6H9NS.C4H10.C2H6.2CH4.H2/c1-7-4-5-8(2)9(3)6-7;1-5-4-8-7(3)6(5)2;1-5-4-6(2)8-7(5)3;1-4-5(2)8-6(3)7-4;1-3-4-2;1-2;;;/h4-6H,1-3H3;2*4H,1-3H3;1-3H3;3-4H2,1-2H3;1-2H3;2*1H4;1H/i;;;;;;;;1+1. The number of benzene rings is 1. The molecule has 0 atom stereocenters. The van der Waals surface area contributed by atoms with Crippen LogP contribution >= 0.6 is 34.0 Å². The molecule has 4 heteroatoms. The zero-order valence-corrected chi connectivity index (χ0v) is 30.4. The smallest absolute Gasteiger partial charge is 0.0899 e. The van der Waals surface area contributed by atoms with Gasteiger partial charge >= 0.3 is 0 Å². The first-order valence-electron chi connectivity index (χ1n) is 14.2. The van der Waals surface area contributed by atoms with Crippen LogP contribution in [-0.2, 0) is 0 Å². The molecule has 0 fully saturated rings. The summed E-state index contributed by atoms with van der Waals surface area (Å²) in [6.07, 6.45) is 2.64. The number of nitrogens with zero attached hydrogens (tertiary/aromatic N) is 1. The number of hydrogen-bond acceptors (Lipinski definition) is 4. The lowest BCUT2D eigenvalue weighted by Gasteiger charge is -1.98. The van der Waals surface area contributed by atoms with Gasteiger partial charge in [0.15, 0.2) is 0 Å². The highest BCUT2D eigenvalue weighted by Crippen LogP contribution is 2.19. The number of unbranched alkanes of at least 4 members (excludes halogenated alkanes) is 1. The lowest BCUT2D eigenvalue weighted by Crippen LogP contribution is -1.79. The van der Waals surface area contributed by atoms with Gasteiger partial charge < -0.3 is 0 Å². The van der Waals surface area contributed by atoms with E-state index in [1.54, 1.807) is 11.3 Å². The average Bonchev–Trinajstić information content (AvgIpc) is 3.48. The predicted octanol–water partition coefficient (Wildman–Crippen LogP) is 14.4. The predicted molar refractivity (Wildman–Crippen MR) is 202 cm³/mol. The molecular formula is C37H67NS3. The third-order valence-electron chi connectivity index (χ3n) is 6.12. The summed E-state index contributed by atoms with van der Waals surface area (Å²) in [6.45, 7) is 33.9. The molecule has 0 aliphatic heterocycles. The molecule has 1 aromatic carbocycles. The van der Waals surface area contributed by atoms with E-state index in [-0.39, 0.29) is 16.3 Å². The van der Waals surface area contributed by atoms with E-state index in [9.17, 15) is 0 Å². The van der Waals surface area contributed by atoms with Crippen molar-refractivity contribution >= 4 is 34.0 Å². The van der Waals surface area contributed by atoms with E-state index in [2.05, 4.69) is 118 Å². The molecule has 0 amide bonds. The van der Waals surface area contributed by atoms with Gasteiger partial charge in [-0.15, -0.1) is 34.0 Å². The zero-order valence-electron chi connectivity index (χ0n) is 28.0. The highest BCUT2D eigenvalue weighted by Gasteiger charge is 1.96. The third kappa shape index (κ3) is 20.7. The maximum Gasteiger partial charge on any atom is 0.0899 e. The summed E-state index contributed by atoms with van der Waals surface area (Å²) in [6, 6.07) is 8.72. The minimum Gasteiger partial charge on any atom is -0.247 e. The summed E-state index contributed by atoms with van der Waals surface area (Å²) < 4.78 is 0. The Morgan fingerprint density at radius 2 is 1.15 bits per heavy atom. The first kappa shape index (κ1) is 46.2. The van der Waals surface area contributed by atoms with Gasteiger partial charge in [-0.1, -0.05) is 79.2 Å². The fraction of sp³-hybridized carbons (Fsp3) is 0.541. The average molecular weight is 623 g/mol. The Morgan fingerprint density at radius 1 is 0.610 bits per heavy atom. The highest BCUT2D eigenvalue weighted by atomic mass is 32.1. The highest BCUT2D eigenvalue weighted by molar-refractivity contribution is 7.12. The van der Waals surface area contributed by atoms with Crippen LogP contribution in [0.1, 0.15) is 120 Å². The summed E-state index contributed by atoms with van der Waals surface area (Å²) in [5.74, 6) is 0. The van der Waals surface area contributed by atoms with E-state index in [4.69, 9.17) is 0 Å². The molecule has 0 aliphatic rings. The van der Waals surface area contributed by atoms with Crippen molar-refractivity contribution in [1.29, 1.82) is 0 Å². The lowest BCUT2D eigenvalue weighted by atomic mass is 10.1. The van der Waals surface area contributed by atoms with Crippen molar-refractivity contribution in [2.45, 2.75) is 138 Å².